The normalized spacial score (nSPS) is 14.7. The number of rotatable bonds is 5. The molecular formula is C14H16ClN5O2S. The van der Waals surface area contributed by atoms with Crippen LogP contribution >= 0.6 is 23.4 Å². The van der Waals surface area contributed by atoms with Crippen molar-refractivity contribution in [3.63, 3.8) is 0 Å². The minimum Gasteiger partial charge on any atom is -0.378 e. The summed E-state index contributed by atoms with van der Waals surface area (Å²) in [6, 6.07) is 5.55. The Balaban J connectivity index is 1.57. The maximum Gasteiger partial charge on any atom is 0.234 e. The third-order valence-corrected chi connectivity index (χ3v) is 4.50. The Bertz CT molecular complexity index is 661. The van der Waals surface area contributed by atoms with Crippen molar-refractivity contribution in [2.24, 2.45) is 0 Å². The molecule has 23 heavy (non-hydrogen) atoms. The first-order valence-corrected chi connectivity index (χ1v) is 8.49. The highest BCUT2D eigenvalue weighted by Gasteiger charge is 2.15. The van der Waals surface area contributed by atoms with Crippen LogP contribution in [0.1, 0.15) is 0 Å². The first-order chi connectivity index (χ1) is 11.2. The predicted molar refractivity (Wildman–Crippen MR) is 90.2 cm³/mol. The summed E-state index contributed by atoms with van der Waals surface area (Å²) >= 11 is 7.63. The molecule has 1 fully saturated rings. The lowest BCUT2D eigenvalue weighted by Gasteiger charge is -2.29. The van der Waals surface area contributed by atoms with Crippen LogP contribution < -0.4 is 10.2 Å². The quantitative estimate of drug-likeness (QED) is 0.800. The number of aromatic amines is 1. The Morgan fingerprint density at radius 1 is 1.43 bits per heavy atom. The van der Waals surface area contributed by atoms with Crippen LogP contribution in [0.25, 0.3) is 0 Å². The van der Waals surface area contributed by atoms with Gasteiger partial charge in [-0.2, -0.15) is 5.10 Å². The zero-order chi connectivity index (χ0) is 16.1. The molecule has 2 N–H and O–H groups in total. The number of aromatic nitrogens is 3. The van der Waals surface area contributed by atoms with Gasteiger partial charge in [-0.15, -0.1) is 0 Å². The largest absolute Gasteiger partial charge is 0.378 e. The highest BCUT2D eigenvalue weighted by molar-refractivity contribution is 7.99. The number of carbonyl (C=O) groups is 1. The van der Waals surface area contributed by atoms with Gasteiger partial charge >= 0.3 is 0 Å². The van der Waals surface area contributed by atoms with Gasteiger partial charge in [0.25, 0.3) is 0 Å². The number of morpholine rings is 1. The molecule has 1 saturated heterocycles. The average molecular weight is 354 g/mol. The first kappa shape index (κ1) is 16.1. The van der Waals surface area contributed by atoms with Gasteiger partial charge in [0.2, 0.25) is 5.91 Å². The van der Waals surface area contributed by atoms with E-state index < -0.39 is 0 Å². The van der Waals surface area contributed by atoms with E-state index in [0.29, 0.717) is 29.1 Å². The van der Waals surface area contributed by atoms with Crippen molar-refractivity contribution in [3.05, 3.63) is 29.5 Å². The smallest absolute Gasteiger partial charge is 0.234 e. The van der Waals surface area contributed by atoms with Gasteiger partial charge in [-0.05, 0) is 18.2 Å². The van der Waals surface area contributed by atoms with E-state index in [1.807, 2.05) is 12.1 Å². The van der Waals surface area contributed by atoms with Crippen molar-refractivity contribution in [1.82, 2.24) is 15.2 Å². The van der Waals surface area contributed by atoms with Gasteiger partial charge in [0.05, 0.1) is 29.7 Å². The second-order valence-electron chi connectivity index (χ2n) is 4.89. The predicted octanol–water partition coefficient (Wildman–Crippen LogP) is 2.03. The molecular weight excluding hydrogens is 338 g/mol. The molecule has 2 heterocycles. The van der Waals surface area contributed by atoms with Crippen LogP contribution in [0.5, 0.6) is 0 Å². The summed E-state index contributed by atoms with van der Waals surface area (Å²) in [5.74, 6) is 0.125. The van der Waals surface area contributed by atoms with Gasteiger partial charge in [-0.1, -0.05) is 23.4 Å². The van der Waals surface area contributed by atoms with E-state index in [-0.39, 0.29) is 11.7 Å². The second kappa shape index (κ2) is 7.67. The Hall–Kier alpha value is -1.77. The molecule has 2 aromatic rings. The van der Waals surface area contributed by atoms with E-state index in [1.54, 1.807) is 6.07 Å². The van der Waals surface area contributed by atoms with E-state index in [2.05, 4.69) is 25.4 Å². The number of nitrogens with zero attached hydrogens (tertiary/aromatic N) is 3. The summed E-state index contributed by atoms with van der Waals surface area (Å²) in [7, 11) is 0. The molecule has 0 radical (unpaired) electrons. The number of carbonyl (C=O) groups excluding carboxylic acids is 1. The van der Waals surface area contributed by atoms with E-state index in [0.717, 1.165) is 18.8 Å². The van der Waals surface area contributed by atoms with Gasteiger partial charge in [-0.25, -0.2) is 4.98 Å². The number of benzene rings is 1. The van der Waals surface area contributed by atoms with Gasteiger partial charge in [0, 0.05) is 18.8 Å². The van der Waals surface area contributed by atoms with Crippen LogP contribution in [0, 0.1) is 0 Å². The Kier molecular flexibility index (Phi) is 5.37. The van der Waals surface area contributed by atoms with Crippen molar-refractivity contribution < 1.29 is 9.53 Å². The van der Waals surface area contributed by atoms with Crippen molar-refractivity contribution >= 4 is 40.6 Å². The fourth-order valence-electron chi connectivity index (χ4n) is 2.24. The minimum atomic E-state index is -0.124. The Morgan fingerprint density at radius 3 is 2.96 bits per heavy atom. The van der Waals surface area contributed by atoms with Crippen LogP contribution in [-0.2, 0) is 9.53 Å². The van der Waals surface area contributed by atoms with Crippen LogP contribution in [0.2, 0.25) is 5.02 Å². The fraction of sp³-hybridized carbons (Fsp3) is 0.357. The van der Waals surface area contributed by atoms with Crippen LogP contribution in [0.15, 0.2) is 29.7 Å². The van der Waals surface area contributed by atoms with Gasteiger partial charge < -0.3 is 15.0 Å². The number of amides is 1. The molecule has 0 spiro atoms. The summed E-state index contributed by atoms with van der Waals surface area (Å²) in [5, 5.41) is 10.5. The summed E-state index contributed by atoms with van der Waals surface area (Å²) in [5.41, 5.74) is 1.64. The van der Waals surface area contributed by atoms with E-state index in [4.69, 9.17) is 16.3 Å². The highest BCUT2D eigenvalue weighted by atomic mass is 35.5. The van der Waals surface area contributed by atoms with Crippen LogP contribution in [0.4, 0.5) is 11.4 Å². The summed E-state index contributed by atoms with van der Waals surface area (Å²) in [6.07, 6.45) is 1.41. The maximum absolute atomic E-state index is 11.9. The number of hydrogen-bond acceptors (Lipinski definition) is 6. The molecule has 0 saturated carbocycles. The lowest BCUT2D eigenvalue weighted by atomic mass is 10.2. The minimum absolute atomic E-state index is 0.124. The molecule has 0 atom stereocenters. The zero-order valence-corrected chi connectivity index (χ0v) is 13.9. The molecule has 1 aromatic carbocycles. The first-order valence-electron chi connectivity index (χ1n) is 7.12. The highest BCUT2D eigenvalue weighted by Crippen LogP contribution is 2.29. The van der Waals surface area contributed by atoms with Gasteiger partial charge in [0.1, 0.15) is 6.33 Å². The van der Waals surface area contributed by atoms with Gasteiger partial charge in [-0.3, -0.25) is 9.89 Å². The van der Waals surface area contributed by atoms with Crippen molar-refractivity contribution in [2.45, 2.75) is 5.16 Å². The summed E-state index contributed by atoms with van der Waals surface area (Å²) in [4.78, 5) is 18.1. The number of halogens is 1. The number of thioether (sulfide) groups is 1. The number of anilines is 2. The molecule has 0 aliphatic carbocycles. The second-order valence-corrected chi connectivity index (χ2v) is 6.26. The Morgan fingerprint density at radius 2 is 2.26 bits per heavy atom. The molecule has 1 amide bonds. The molecule has 9 heteroatoms. The molecule has 7 nitrogen and oxygen atoms in total. The van der Waals surface area contributed by atoms with Crippen LogP contribution in [0.3, 0.4) is 0 Å². The average Bonchev–Trinajstić information content (AvgIpc) is 3.07. The number of ether oxygens (including phenoxy) is 1. The molecule has 1 aromatic heterocycles. The van der Waals surface area contributed by atoms with E-state index in [9.17, 15) is 4.79 Å². The lowest BCUT2D eigenvalue weighted by Crippen LogP contribution is -2.36. The van der Waals surface area contributed by atoms with Crippen molar-refractivity contribution in [1.29, 1.82) is 0 Å². The monoisotopic (exact) mass is 353 g/mol. The Labute approximate surface area is 142 Å². The summed E-state index contributed by atoms with van der Waals surface area (Å²) < 4.78 is 5.34. The third-order valence-electron chi connectivity index (χ3n) is 3.32. The fourth-order valence-corrected chi connectivity index (χ4v) is 3.12. The number of hydrogen-bond donors (Lipinski definition) is 2. The lowest BCUT2D eigenvalue weighted by molar-refractivity contribution is -0.113. The van der Waals surface area contributed by atoms with Gasteiger partial charge in [0.15, 0.2) is 5.16 Å². The molecule has 0 unspecified atom stereocenters. The molecule has 3 rings (SSSR count). The number of nitrogens with one attached hydrogen (secondary N) is 2. The third kappa shape index (κ3) is 4.37. The van der Waals surface area contributed by atoms with Crippen LogP contribution in [-0.4, -0.2) is 53.1 Å². The standard InChI is InChI=1S/C14H16ClN5O2S/c15-11-7-10(1-2-12(11)20-3-5-22-6-4-20)18-13(21)8-23-14-16-9-17-19-14/h1-2,7,9H,3-6,8H2,(H,18,21)(H,16,17,19). The topological polar surface area (TPSA) is 83.1 Å². The molecule has 122 valence electrons. The molecule has 1 aliphatic heterocycles. The van der Waals surface area contributed by atoms with E-state index in [1.165, 1.54) is 18.1 Å². The number of H-pyrrole nitrogens is 1. The zero-order valence-electron chi connectivity index (χ0n) is 12.3. The van der Waals surface area contributed by atoms with Crippen molar-refractivity contribution in [3.8, 4) is 0 Å². The van der Waals surface area contributed by atoms with E-state index >= 15 is 0 Å². The summed E-state index contributed by atoms with van der Waals surface area (Å²) in [6.45, 7) is 3.04. The molecule has 1 aliphatic rings. The molecule has 0 bridgehead atoms. The SMILES string of the molecule is O=C(CSc1ncn[nH]1)Nc1ccc(N2CCOCC2)c(Cl)c1. The van der Waals surface area contributed by atoms with Crippen molar-refractivity contribution in [2.75, 3.05) is 42.3 Å². The maximum atomic E-state index is 11.9.